The van der Waals surface area contributed by atoms with Gasteiger partial charge in [0.1, 0.15) is 5.52 Å². The van der Waals surface area contributed by atoms with Crippen LogP contribution >= 0.6 is 0 Å². The van der Waals surface area contributed by atoms with E-state index in [0.717, 1.165) is 17.0 Å². The maximum atomic E-state index is 4.56. The predicted octanol–water partition coefficient (Wildman–Crippen LogP) is 2.82. The minimum atomic E-state index is 0.247. The zero-order chi connectivity index (χ0) is 12.0. The van der Waals surface area contributed by atoms with E-state index >= 15 is 0 Å². The third-order valence-corrected chi connectivity index (χ3v) is 3.42. The molecule has 90 valence electrons. The molecule has 0 bridgehead atoms. The largest absolute Gasteiger partial charge is 0.363 e. The van der Waals surface area contributed by atoms with Crippen molar-refractivity contribution in [2.45, 2.75) is 45.1 Å². The Balaban J connectivity index is 2.05. The van der Waals surface area contributed by atoms with E-state index in [2.05, 4.69) is 42.2 Å². The lowest BCUT2D eigenvalue weighted by Gasteiger charge is -2.12. The Hall–Kier alpha value is -1.58. The van der Waals surface area contributed by atoms with Gasteiger partial charge in [0, 0.05) is 17.9 Å². The molecule has 1 fully saturated rings. The van der Waals surface area contributed by atoms with Crippen LogP contribution in [0, 0.1) is 0 Å². The molecule has 2 aromatic rings. The molecule has 4 heteroatoms. The Morgan fingerprint density at radius 2 is 2.18 bits per heavy atom. The number of nitrogens with one attached hydrogen (secondary N) is 1. The second kappa shape index (κ2) is 3.45. The third-order valence-electron chi connectivity index (χ3n) is 3.42. The van der Waals surface area contributed by atoms with Gasteiger partial charge in [-0.15, -0.1) is 0 Å². The molecule has 1 saturated carbocycles. The fourth-order valence-corrected chi connectivity index (χ4v) is 1.92. The van der Waals surface area contributed by atoms with Crippen molar-refractivity contribution >= 4 is 11.3 Å². The minimum absolute atomic E-state index is 0.247. The topological polar surface area (TPSA) is 42.2 Å². The van der Waals surface area contributed by atoms with Gasteiger partial charge in [0.25, 0.3) is 0 Å². The zero-order valence-electron chi connectivity index (χ0n) is 10.6. The van der Waals surface area contributed by atoms with Crippen LogP contribution in [0.25, 0.3) is 5.52 Å². The van der Waals surface area contributed by atoms with Crippen molar-refractivity contribution in [2.24, 2.45) is 0 Å². The molecule has 17 heavy (non-hydrogen) atoms. The highest BCUT2D eigenvalue weighted by atomic mass is 15.2. The van der Waals surface area contributed by atoms with Gasteiger partial charge in [-0.2, -0.15) is 5.10 Å². The number of nitrogens with zero attached hydrogens (tertiary/aromatic N) is 3. The molecule has 1 aliphatic rings. The van der Waals surface area contributed by atoms with E-state index in [-0.39, 0.29) is 5.54 Å². The monoisotopic (exact) mass is 230 g/mol. The molecule has 0 amide bonds. The first-order valence-corrected chi connectivity index (χ1v) is 6.20. The van der Waals surface area contributed by atoms with Gasteiger partial charge in [-0.25, -0.2) is 9.50 Å². The van der Waals surface area contributed by atoms with E-state index in [9.17, 15) is 0 Å². The molecule has 0 aromatic carbocycles. The van der Waals surface area contributed by atoms with Crippen molar-refractivity contribution in [1.29, 1.82) is 0 Å². The van der Waals surface area contributed by atoms with E-state index < -0.39 is 0 Å². The van der Waals surface area contributed by atoms with E-state index in [0.29, 0.717) is 5.92 Å². The predicted molar refractivity (Wildman–Crippen MR) is 68.3 cm³/mol. The average Bonchev–Trinajstić information content (AvgIpc) is 2.84. The molecule has 2 aromatic heterocycles. The van der Waals surface area contributed by atoms with Crippen molar-refractivity contribution in [1.82, 2.24) is 14.6 Å². The van der Waals surface area contributed by atoms with E-state index in [4.69, 9.17) is 0 Å². The SMILES string of the molecule is CC(C)c1cc2c(NC3(C)CC3)nccn2n1. The fourth-order valence-electron chi connectivity index (χ4n) is 1.92. The molecule has 1 N–H and O–H groups in total. The van der Waals surface area contributed by atoms with Gasteiger partial charge in [-0.3, -0.25) is 0 Å². The molecule has 0 unspecified atom stereocenters. The summed E-state index contributed by atoms with van der Waals surface area (Å²) in [5.74, 6) is 1.39. The first-order valence-electron chi connectivity index (χ1n) is 6.20. The summed E-state index contributed by atoms with van der Waals surface area (Å²) in [7, 11) is 0. The van der Waals surface area contributed by atoms with Gasteiger partial charge in [0.15, 0.2) is 5.82 Å². The highest BCUT2D eigenvalue weighted by Crippen LogP contribution is 2.38. The van der Waals surface area contributed by atoms with Crippen LogP contribution in [0.15, 0.2) is 18.5 Å². The Kier molecular flexibility index (Phi) is 2.15. The summed E-state index contributed by atoms with van der Waals surface area (Å²) in [6.45, 7) is 6.55. The number of hydrogen-bond acceptors (Lipinski definition) is 3. The molecule has 3 rings (SSSR count). The van der Waals surface area contributed by atoms with Crippen LogP contribution in [0.4, 0.5) is 5.82 Å². The Morgan fingerprint density at radius 3 is 2.82 bits per heavy atom. The molecule has 1 aliphatic carbocycles. The zero-order valence-corrected chi connectivity index (χ0v) is 10.6. The fraction of sp³-hybridized carbons (Fsp3) is 0.538. The Bertz CT molecular complexity index is 552. The first-order chi connectivity index (χ1) is 8.07. The van der Waals surface area contributed by atoms with Gasteiger partial charge in [-0.05, 0) is 31.7 Å². The average molecular weight is 230 g/mol. The standard InChI is InChI=1S/C13H18N4/c1-9(2)10-8-11-12(15-13(3)4-5-13)14-6-7-17(11)16-10/h6-9H,4-5H2,1-3H3,(H,14,15). The second-order valence-electron chi connectivity index (χ2n) is 5.52. The van der Waals surface area contributed by atoms with Gasteiger partial charge in [0.05, 0.1) is 5.69 Å². The molecule has 2 heterocycles. The Morgan fingerprint density at radius 1 is 1.41 bits per heavy atom. The van der Waals surface area contributed by atoms with Crippen LogP contribution in [0.1, 0.15) is 45.2 Å². The normalized spacial score (nSPS) is 17.6. The van der Waals surface area contributed by atoms with Crippen molar-refractivity contribution in [3.05, 3.63) is 24.2 Å². The van der Waals surface area contributed by atoms with Crippen LogP contribution in [0.2, 0.25) is 0 Å². The van der Waals surface area contributed by atoms with Crippen molar-refractivity contribution in [2.75, 3.05) is 5.32 Å². The van der Waals surface area contributed by atoms with Crippen LogP contribution in [-0.2, 0) is 0 Å². The number of aromatic nitrogens is 3. The maximum absolute atomic E-state index is 4.56. The molecular formula is C13H18N4. The molecule has 0 saturated heterocycles. The molecule has 0 radical (unpaired) electrons. The highest BCUT2D eigenvalue weighted by Gasteiger charge is 2.37. The van der Waals surface area contributed by atoms with E-state index in [1.807, 2.05) is 10.7 Å². The van der Waals surface area contributed by atoms with Crippen LogP contribution in [0.5, 0.6) is 0 Å². The third kappa shape index (κ3) is 1.88. The summed E-state index contributed by atoms with van der Waals surface area (Å²) in [5.41, 5.74) is 2.43. The lowest BCUT2D eigenvalue weighted by atomic mass is 10.1. The quantitative estimate of drug-likeness (QED) is 0.881. The summed E-state index contributed by atoms with van der Waals surface area (Å²) in [4.78, 5) is 4.43. The van der Waals surface area contributed by atoms with Crippen LogP contribution < -0.4 is 5.32 Å². The number of hydrogen-bond donors (Lipinski definition) is 1. The molecule has 0 aliphatic heterocycles. The number of fused-ring (bicyclic) bond motifs is 1. The smallest absolute Gasteiger partial charge is 0.152 e. The number of rotatable bonds is 3. The van der Waals surface area contributed by atoms with Crippen molar-refractivity contribution in [3.63, 3.8) is 0 Å². The first kappa shape index (κ1) is 10.6. The molecule has 4 nitrogen and oxygen atoms in total. The molecule has 0 spiro atoms. The van der Waals surface area contributed by atoms with Gasteiger partial charge < -0.3 is 5.32 Å². The summed E-state index contributed by atoms with van der Waals surface area (Å²) < 4.78 is 1.91. The maximum Gasteiger partial charge on any atom is 0.152 e. The summed E-state index contributed by atoms with van der Waals surface area (Å²) in [6, 6.07) is 2.13. The van der Waals surface area contributed by atoms with Crippen LogP contribution in [0.3, 0.4) is 0 Å². The Labute approximate surface area is 101 Å². The van der Waals surface area contributed by atoms with Gasteiger partial charge in [-0.1, -0.05) is 13.8 Å². The number of anilines is 1. The lowest BCUT2D eigenvalue weighted by Crippen LogP contribution is -2.17. The summed E-state index contributed by atoms with van der Waals surface area (Å²) >= 11 is 0. The lowest BCUT2D eigenvalue weighted by molar-refractivity contribution is 0.784. The molecular weight excluding hydrogens is 212 g/mol. The molecule has 0 atom stereocenters. The van der Waals surface area contributed by atoms with Gasteiger partial charge >= 0.3 is 0 Å². The summed E-state index contributed by atoms with van der Waals surface area (Å²) in [6.07, 6.45) is 6.15. The van der Waals surface area contributed by atoms with Crippen LogP contribution in [-0.4, -0.2) is 20.1 Å². The highest BCUT2D eigenvalue weighted by molar-refractivity contribution is 5.69. The van der Waals surface area contributed by atoms with Crippen molar-refractivity contribution in [3.8, 4) is 0 Å². The van der Waals surface area contributed by atoms with E-state index in [1.165, 1.54) is 12.8 Å². The van der Waals surface area contributed by atoms with Crippen molar-refractivity contribution < 1.29 is 0 Å². The second-order valence-corrected chi connectivity index (χ2v) is 5.52. The minimum Gasteiger partial charge on any atom is -0.363 e. The van der Waals surface area contributed by atoms with E-state index in [1.54, 1.807) is 6.20 Å². The van der Waals surface area contributed by atoms with Gasteiger partial charge in [0.2, 0.25) is 0 Å². The summed E-state index contributed by atoms with van der Waals surface area (Å²) in [5, 5.41) is 8.08.